The van der Waals surface area contributed by atoms with Gasteiger partial charge in [0.05, 0.1) is 0 Å². The Bertz CT molecular complexity index is 1180. The van der Waals surface area contributed by atoms with Gasteiger partial charge in [0.15, 0.2) is 6.10 Å². The Morgan fingerprint density at radius 1 is 0.339 bits per heavy atom. The average molecular weight is 865 g/mol. The van der Waals surface area contributed by atoms with Gasteiger partial charge in [-0.2, -0.15) is 0 Å². The number of hydrogen-bond donors (Lipinski definition) is 0. The topological polar surface area (TPSA) is 78.9 Å². The first kappa shape index (κ1) is 58.9. The second-order valence-electron chi connectivity index (χ2n) is 17.0. The minimum atomic E-state index is -0.790. The van der Waals surface area contributed by atoms with Gasteiger partial charge in [-0.05, 0) is 83.5 Å². The fourth-order valence-electron chi connectivity index (χ4n) is 7.12. The number of esters is 3. The van der Waals surface area contributed by atoms with Crippen LogP contribution in [0.4, 0.5) is 0 Å². The van der Waals surface area contributed by atoms with Crippen molar-refractivity contribution in [2.75, 3.05) is 13.2 Å². The molecule has 0 heterocycles. The van der Waals surface area contributed by atoms with Crippen molar-refractivity contribution >= 4 is 17.9 Å². The third kappa shape index (κ3) is 47.9. The predicted octanol–water partition coefficient (Wildman–Crippen LogP) is 17.0. The standard InChI is InChI=1S/C56H96O6/c1-4-7-10-13-16-19-22-25-28-29-32-34-37-40-43-46-49-55(58)61-52-53(62-56(59)50-47-44-41-38-35-31-27-24-21-18-15-12-9-6-3)51-60-54(57)48-45-42-39-36-33-30-26-23-20-17-14-11-8-5-2/h7,9-10,12,16,18-19,21,25,28,32,34,53H,4-6,8,11,13-15,17,20,22-24,26-27,29-31,33,35-52H2,1-3H3/b10-7-,12-9-,19-16-,21-18-,28-25-,34-32-. The summed E-state index contributed by atoms with van der Waals surface area (Å²) in [7, 11) is 0. The van der Waals surface area contributed by atoms with Crippen molar-refractivity contribution in [2.24, 2.45) is 0 Å². The van der Waals surface area contributed by atoms with Crippen molar-refractivity contribution < 1.29 is 28.6 Å². The highest BCUT2D eigenvalue weighted by Crippen LogP contribution is 2.15. The molecule has 0 aliphatic heterocycles. The smallest absolute Gasteiger partial charge is 0.306 e. The molecule has 1 atom stereocenters. The van der Waals surface area contributed by atoms with Gasteiger partial charge in [-0.1, -0.05) is 216 Å². The summed E-state index contributed by atoms with van der Waals surface area (Å²) < 4.78 is 16.8. The van der Waals surface area contributed by atoms with E-state index in [1.54, 1.807) is 0 Å². The molecule has 0 bridgehead atoms. The van der Waals surface area contributed by atoms with E-state index in [-0.39, 0.29) is 31.1 Å². The van der Waals surface area contributed by atoms with Gasteiger partial charge < -0.3 is 14.2 Å². The Morgan fingerprint density at radius 3 is 1.00 bits per heavy atom. The van der Waals surface area contributed by atoms with Gasteiger partial charge >= 0.3 is 17.9 Å². The van der Waals surface area contributed by atoms with Crippen LogP contribution in [0.3, 0.4) is 0 Å². The fourth-order valence-corrected chi connectivity index (χ4v) is 7.12. The lowest BCUT2D eigenvalue weighted by Gasteiger charge is -2.18. The van der Waals surface area contributed by atoms with Gasteiger partial charge in [0.1, 0.15) is 13.2 Å². The minimum absolute atomic E-state index is 0.0873. The first-order valence-corrected chi connectivity index (χ1v) is 25.9. The number of ether oxygens (including phenoxy) is 3. The number of hydrogen-bond acceptors (Lipinski definition) is 6. The highest BCUT2D eigenvalue weighted by molar-refractivity contribution is 5.71. The first-order valence-electron chi connectivity index (χ1n) is 25.9. The summed E-state index contributed by atoms with van der Waals surface area (Å²) in [6.45, 7) is 6.39. The molecule has 356 valence electrons. The maximum atomic E-state index is 12.8. The molecule has 0 amide bonds. The van der Waals surface area contributed by atoms with Crippen LogP contribution in [0.25, 0.3) is 0 Å². The van der Waals surface area contributed by atoms with Crippen LogP contribution in [-0.4, -0.2) is 37.2 Å². The minimum Gasteiger partial charge on any atom is -0.462 e. The molecule has 6 nitrogen and oxygen atoms in total. The molecule has 0 fully saturated rings. The zero-order valence-electron chi connectivity index (χ0n) is 40.6. The van der Waals surface area contributed by atoms with E-state index in [1.165, 1.54) is 96.3 Å². The molecule has 0 aromatic rings. The SMILES string of the molecule is CC/C=C\C/C=C\C/C=C\C/C=C\CCCCCC(=O)OCC(COC(=O)CCCCCCCCCCCCCCCC)OC(=O)CCCCCCCCC/C=C\C/C=C\CC. The van der Waals surface area contributed by atoms with Crippen molar-refractivity contribution in [1.82, 2.24) is 0 Å². The highest BCUT2D eigenvalue weighted by Gasteiger charge is 2.19. The Morgan fingerprint density at radius 2 is 0.629 bits per heavy atom. The first-order chi connectivity index (χ1) is 30.5. The Kier molecular flexibility index (Phi) is 47.9. The molecule has 0 aliphatic rings. The van der Waals surface area contributed by atoms with Crippen LogP contribution >= 0.6 is 0 Å². The third-order valence-electron chi connectivity index (χ3n) is 11.0. The molecule has 6 heteroatoms. The Hall–Kier alpha value is -3.15. The number of allylic oxidation sites excluding steroid dienone is 12. The van der Waals surface area contributed by atoms with Crippen LogP contribution in [0, 0.1) is 0 Å². The summed E-state index contributed by atoms with van der Waals surface area (Å²) >= 11 is 0. The lowest BCUT2D eigenvalue weighted by molar-refractivity contribution is -0.167. The molecule has 0 spiro atoms. The van der Waals surface area contributed by atoms with Crippen LogP contribution in [-0.2, 0) is 28.6 Å². The molecule has 0 saturated heterocycles. The van der Waals surface area contributed by atoms with Gasteiger partial charge in [0.2, 0.25) is 0 Å². The molecule has 62 heavy (non-hydrogen) atoms. The summed E-state index contributed by atoms with van der Waals surface area (Å²) in [6.07, 6.45) is 63.1. The van der Waals surface area contributed by atoms with Gasteiger partial charge in [-0.3, -0.25) is 14.4 Å². The van der Waals surface area contributed by atoms with Crippen LogP contribution < -0.4 is 0 Å². The van der Waals surface area contributed by atoms with E-state index in [2.05, 4.69) is 93.7 Å². The van der Waals surface area contributed by atoms with Gasteiger partial charge in [0, 0.05) is 19.3 Å². The second-order valence-corrected chi connectivity index (χ2v) is 17.0. The number of carbonyl (C=O) groups is 3. The lowest BCUT2D eigenvalue weighted by Crippen LogP contribution is -2.30. The maximum absolute atomic E-state index is 12.8. The summed E-state index contributed by atoms with van der Waals surface area (Å²) in [6, 6.07) is 0. The van der Waals surface area contributed by atoms with Crippen molar-refractivity contribution in [3.8, 4) is 0 Å². The van der Waals surface area contributed by atoms with Crippen LogP contribution in [0.2, 0.25) is 0 Å². The molecular weight excluding hydrogens is 769 g/mol. The molecule has 0 aromatic heterocycles. The Labute approximate surface area is 382 Å². The maximum Gasteiger partial charge on any atom is 0.306 e. The van der Waals surface area contributed by atoms with E-state index in [9.17, 15) is 14.4 Å². The molecular formula is C56H96O6. The van der Waals surface area contributed by atoms with Crippen molar-refractivity contribution in [3.63, 3.8) is 0 Å². The Balaban J connectivity index is 4.43. The van der Waals surface area contributed by atoms with Gasteiger partial charge in [0.25, 0.3) is 0 Å². The van der Waals surface area contributed by atoms with Crippen molar-refractivity contribution in [1.29, 1.82) is 0 Å². The van der Waals surface area contributed by atoms with Crippen molar-refractivity contribution in [3.05, 3.63) is 72.9 Å². The van der Waals surface area contributed by atoms with Crippen LogP contribution in [0.1, 0.15) is 245 Å². The van der Waals surface area contributed by atoms with E-state index in [1.807, 2.05) is 0 Å². The van der Waals surface area contributed by atoms with Crippen LogP contribution in [0.5, 0.6) is 0 Å². The summed E-state index contributed by atoms with van der Waals surface area (Å²) in [5.41, 5.74) is 0. The quantitative estimate of drug-likeness (QED) is 0.0262. The van der Waals surface area contributed by atoms with Crippen LogP contribution in [0.15, 0.2) is 72.9 Å². The fraction of sp³-hybridized carbons (Fsp3) is 0.732. The van der Waals surface area contributed by atoms with E-state index < -0.39 is 6.10 Å². The molecule has 0 N–H and O–H groups in total. The van der Waals surface area contributed by atoms with E-state index >= 15 is 0 Å². The monoisotopic (exact) mass is 865 g/mol. The summed E-state index contributed by atoms with van der Waals surface area (Å²) in [4.78, 5) is 38.0. The molecule has 0 saturated carbocycles. The third-order valence-corrected chi connectivity index (χ3v) is 11.0. The molecule has 1 unspecified atom stereocenters. The molecule has 0 aromatic carbocycles. The number of carbonyl (C=O) groups excluding carboxylic acids is 3. The van der Waals surface area contributed by atoms with Gasteiger partial charge in [-0.15, -0.1) is 0 Å². The summed E-state index contributed by atoms with van der Waals surface area (Å²) in [5, 5.41) is 0. The zero-order valence-corrected chi connectivity index (χ0v) is 40.6. The highest BCUT2D eigenvalue weighted by atomic mass is 16.6. The second kappa shape index (κ2) is 50.5. The predicted molar refractivity (Wildman–Crippen MR) is 265 cm³/mol. The van der Waals surface area contributed by atoms with Crippen molar-refractivity contribution in [2.45, 2.75) is 252 Å². The zero-order chi connectivity index (χ0) is 45.1. The lowest BCUT2D eigenvalue weighted by atomic mass is 10.0. The molecule has 0 rings (SSSR count). The average Bonchev–Trinajstić information content (AvgIpc) is 3.27. The van der Waals surface area contributed by atoms with E-state index in [0.717, 1.165) is 109 Å². The largest absolute Gasteiger partial charge is 0.462 e. The number of unbranched alkanes of at least 4 members (excludes halogenated alkanes) is 23. The van der Waals surface area contributed by atoms with E-state index in [4.69, 9.17) is 14.2 Å². The number of rotatable bonds is 46. The summed E-state index contributed by atoms with van der Waals surface area (Å²) in [5.74, 6) is -0.925. The van der Waals surface area contributed by atoms with Gasteiger partial charge in [-0.25, -0.2) is 0 Å². The van der Waals surface area contributed by atoms with E-state index in [0.29, 0.717) is 19.3 Å². The normalized spacial score (nSPS) is 12.6. The molecule has 0 radical (unpaired) electrons. The molecule has 0 aliphatic carbocycles.